The van der Waals surface area contributed by atoms with Crippen molar-refractivity contribution in [2.45, 2.75) is 39.3 Å². The number of aliphatic hydroxyl groups is 1. The molecule has 4 nitrogen and oxygen atoms in total. The minimum Gasteiger partial charge on any atom is -0.396 e. The van der Waals surface area contributed by atoms with Gasteiger partial charge in [0.15, 0.2) is 0 Å². The molecule has 0 unspecified atom stereocenters. The maximum atomic E-state index is 12.7. The molecule has 0 atom stereocenters. The van der Waals surface area contributed by atoms with Gasteiger partial charge in [0.2, 0.25) is 0 Å². The van der Waals surface area contributed by atoms with Crippen molar-refractivity contribution >= 4 is 0 Å². The van der Waals surface area contributed by atoms with Gasteiger partial charge in [-0.3, -0.25) is 9.47 Å². The van der Waals surface area contributed by atoms with Crippen LogP contribution in [0.2, 0.25) is 0 Å². The fraction of sp³-hybridized carbons (Fsp3) is 0.769. The summed E-state index contributed by atoms with van der Waals surface area (Å²) < 4.78 is 26.3. The molecule has 6 heteroatoms. The number of aliphatic hydroxyl groups excluding tert-OH is 1. The highest BCUT2D eigenvalue weighted by Gasteiger charge is 2.32. The van der Waals surface area contributed by atoms with Crippen LogP contribution in [0.4, 0.5) is 8.78 Å². The summed E-state index contributed by atoms with van der Waals surface area (Å²) in [7, 11) is 0. The quantitative estimate of drug-likeness (QED) is 0.894. The molecule has 0 spiro atoms. The monoisotopic (exact) mass is 273 g/mol. The van der Waals surface area contributed by atoms with Gasteiger partial charge in [0, 0.05) is 19.0 Å². The van der Waals surface area contributed by atoms with Crippen LogP contribution in [0.25, 0.3) is 0 Å². The van der Waals surface area contributed by atoms with Gasteiger partial charge >= 0.3 is 6.55 Å². The van der Waals surface area contributed by atoms with Crippen LogP contribution >= 0.6 is 0 Å². The third kappa shape index (κ3) is 3.12. The summed E-state index contributed by atoms with van der Waals surface area (Å²) in [5, 5.41) is 9.47. The standard InChI is InChI=1S/C13H21F2N3O/c1-2-13(10-19)3-6-17(7-4-13)9-11-16-5-8-18(11)12(14)15/h5,8,12,19H,2-4,6-7,9-10H2,1H3. The number of aromatic nitrogens is 2. The van der Waals surface area contributed by atoms with Gasteiger partial charge in [-0.25, -0.2) is 4.98 Å². The van der Waals surface area contributed by atoms with Crippen LogP contribution in [0.3, 0.4) is 0 Å². The molecule has 1 fully saturated rings. The number of nitrogens with zero attached hydrogens (tertiary/aromatic N) is 3. The summed E-state index contributed by atoms with van der Waals surface area (Å²) in [6, 6.07) is 0. The van der Waals surface area contributed by atoms with Crippen LogP contribution < -0.4 is 0 Å². The number of imidazole rings is 1. The fourth-order valence-electron chi connectivity index (χ4n) is 2.65. The summed E-state index contributed by atoms with van der Waals surface area (Å²) in [5.74, 6) is 0.406. The zero-order valence-electron chi connectivity index (χ0n) is 11.2. The molecule has 1 aromatic rings. The van der Waals surface area contributed by atoms with E-state index in [0.717, 1.165) is 36.9 Å². The molecule has 0 bridgehead atoms. The predicted octanol–water partition coefficient (Wildman–Crippen LogP) is 2.26. The molecule has 0 radical (unpaired) electrons. The van der Waals surface area contributed by atoms with E-state index in [-0.39, 0.29) is 12.0 Å². The summed E-state index contributed by atoms with van der Waals surface area (Å²) in [5.41, 5.74) is 0.0225. The molecule has 0 amide bonds. The van der Waals surface area contributed by atoms with E-state index in [2.05, 4.69) is 16.8 Å². The van der Waals surface area contributed by atoms with E-state index < -0.39 is 6.55 Å². The molecule has 0 saturated carbocycles. The minimum absolute atomic E-state index is 0.0225. The molecular weight excluding hydrogens is 252 g/mol. The molecule has 108 valence electrons. The average molecular weight is 273 g/mol. The largest absolute Gasteiger partial charge is 0.396 e. The molecule has 0 aliphatic carbocycles. The lowest BCUT2D eigenvalue weighted by Gasteiger charge is -2.40. The van der Waals surface area contributed by atoms with Gasteiger partial charge < -0.3 is 5.11 Å². The third-order valence-electron chi connectivity index (χ3n) is 4.33. The van der Waals surface area contributed by atoms with Crippen molar-refractivity contribution in [2.24, 2.45) is 5.41 Å². The van der Waals surface area contributed by atoms with E-state index in [0.29, 0.717) is 12.4 Å². The number of hydrogen-bond donors (Lipinski definition) is 1. The number of piperidine rings is 1. The molecule has 0 aromatic carbocycles. The zero-order valence-corrected chi connectivity index (χ0v) is 11.2. The second-order valence-electron chi connectivity index (χ2n) is 5.32. The molecular formula is C13H21F2N3O. The zero-order chi connectivity index (χ0) is 13.9. The Kier molecular flexibility index (Phi) is 4.52. The van der Waals surface area contributed by atoms with Crippen molar-refractivity contribution < 1.29 is 13.9 Å². The van der Waals surface area contributed by atoms with Gasteiger partial charge in [-0.1, -0.05) is 6.92 Å². The Morgan fingerprint density at radius 1 is 1.42 bits per heavy atom. The molecule has 1 N–H and O–H groups in total. The molecule has 2 rings (SSSR count). The Balaban J connectivity index is 1.94. The summed E-state index contributed by atoms with van der Waals surface area (Å²) in [6.07, 6.45) is 5.51. The van der Waals surface area contributed by atoms with E-state index in [1.54, 1.807) is 0 Å². The van der Waals surface area contributed by atoms with E-state index in [1.807, 2.05) is 0 Å². The van der Waals surface area contributed by atoms with E-state index in [4.69, 9.17) is 0 Å². The summed E-state index contributed by atoms with van der Waals surface area (Å²) >= 11 is 0. The number of alkyl halides is 2. The average Bonchev–Trinajstić information content (AvgIpc) is 2.88. The van der Waals surface area contributed by atoms with Crippen molar-refractivity contribution in [3.63, 3.8) is 0 Å². The van der Waals surface area contributed by atoms with Crippen LogP contribution in [0, 0.1) is 5.41 Å². The number of rotatable bonds is 5. The third-order valence-corrected chi connectivity index (χ3v) is 4.33. The lowest BCUT2D eigenvalue weighted by molar-refractivity contribution is 0.0320. The van der Waals surface area contributed by atoms with Crippen LogP contribution in [0.5, 0.6) is 0 Å². The molecule has 2 heterocycles. The van der Waals surface area contributed by atoms with Gasteiger partial charge in [-0.2, -0.15) is 8.78 Å². The Bertz CT molecular complexity index is 394. The van der Waals surface area contributed by atoms with E-state index in [9.17, 15) is 13.9 Å². The lowest BCUT2D eigenvalue weighted by atomic mass is 9.77. The van der Waals surface area contributed by atoms with E-state index >= 15 is 0 Å². The Hall–Kier alpha value is -1.01. The van der Waals surface area contributed by atoms with Crippen molar-refractivity contribution in [3.8, 4) is 0 Å². The first-order chi connectivity index (χ1) is 9.10. The van der Waals surface area contributed by atoms with Crippen molar-refractivity contribution in [2.75, 3.05) is 19.7 Å². The second-order valence-corrected chi connectivity index (χ2v) is 5.32. The second kappa shape index (κ2) is 5.96. The maximum absolute atomic E-state index is 12.7. The normalized spacial score (nSPS) is 20.1. The highest BCUT2D eigenvalue weighted by atomic mass is 19.3. The Morgan fingerprint density at radius 2 is 2.11 bits per heavy atom. The van der Waals surface area contributed by atoms with E-state index in [1.165, 1.54) is 12.4 Å². The smallest absolute Gasteiger partial charge is 0.319 e. The van der Waals surface area contributed by atoms with Crippen LogP contribution in [0.1, 0.15) is 38.6 Å². The predicted molar refractivity (Wildman–Crippen MR) is 67.8 cm³/mol. The highest BCUT2D eigenvalue weighted by Crippen LogP contribution is 2.34. The lowest BCUT2D eigenvalue weighted by Crippen LogP contribution is -2.41. The summed E-state index contributed by atoms with van der Waals surface area (Å²) in [6.45, 7) is 1.87. The SMILES string of the molecule is CCC1(CO)CCN(Cc2nccn2C(F)F)CC1. The van der Waals surface area contributed by atoms with Gasteiger partial charge in [0.1, 0.15) is 5.82 Å². The van der Waals surface area contributed by atoms with Gasteiger partial charge in [0.25, 0.3) is 0 Å². The minimum atomic E-state index is -2.53. The summed E-state index contributed by atoms with van der Waals surface area (Å²) in [4.78, 5) is 6.13. The van der Waals surface area contributed by atoms with Gasteiger partial charge in [-0.15, -0.1) is 0 Å². The molecule has 1 aromatic heterocycles. The Labute approximate surface area is 112 Å². The van der Waals surface area contributed by atoms with Crippen LogP contribution in [0.15, 0.2) is 12.4 Å². The fourth-order valence-corrected chi connectivity index (χ4v) is 2.65. The molecule has 19 heavy (non-hydrogen) atoms. The molecule has 1 aliphatic rings. The van der Waals surface area contributed by atoms with Gasteiger partial charge in [-0.05, 0) is 37.8 Å². The molecule has 1 aliphatic heterocycles. The number of likely N-dealkylation sites (tertiary alicyclic amines) is 1. The first-order valence-corrected chi connectivity index (χ1v) is 6.73. The first-order valence-electron chi connectivity index (χ1n) is 6.73. The van der Waals surface area contributed by atoms with Crippen LogP contribution in [-0.2, 0) is 6.54 Å². The van der Waals surface area contributed by atoms with Crippen molar-refractivity contribution in [1.82, 2.24) is 14.5 Å². The maximum Gasteiger partial charge on any atom is 0.319 e. The van der Waals surface area contributed by atoms with Crippen LogP contribution in [-0.4, -0.2) is 39.3 Å². The van der Waals surface area contributed by atoms with Crippen molar-refractivity contribution in [3.05, 3.63) is 18.2 Å². The number of hydrogen-bond acceptors (Lipinski definition) is 3. The highest BCUT2D eigenvalue weighted by molar-refractivity contribution is 4.94. The Morgan fingerprint density at radius 3 is 2.63 bits per heavy atom. The van der Waals surface area contributed by atoms with Crippen molar-refractivity contribution in [1.29, 1.82) is 0 Å². The number of halogens is 2. The van der Waals surface area contributed by atoms with Gasteiger partial charge in [0.05, 0.1) is 6.54 Å². The molecule has 1 saturated heterocycles. The topological polar surface area (TPSA) is 41.3 Å². The first kappa shape index (κ1) is 14.4.